The van der Waals surface area contributed by atoms with E-state index in [-0.39, 0.29) is 24.3 Å². The minimum Gasteiger partial charge on any atom is -0.491 e. The number of nitrogens with zero attached hydrogens (tertiary/aromatic N) is 5. The van der Waals surface area contributed by atoms with E-state index in [2.05, 4.69) is 27.2 Å². The van der Waals surface area contributed by atoms with Crippen molar-refractivity contribution in [2.24, 2.45) is 7.05 Å². The molecule has 0 unspecified atom stereocenters. The number of hydrogen-bond donors (Lipinski definition) is 3. The SMILES string of the molecule is CCc1cccc(OC[C@H](O)Cn2c(NCCCn3ccnc3)nc3c2c(=O)[nH]c(=O)n3C)c1. The molecular formula is C23H29N7O4. The first-order valence-corrected chi connectivity index (χ1v) is 11.2. The van der Waals surface area contributed by atoms with Crippen molar-refractivity contribution >= 4 is 17.1 Å². The van der Waals surface area contributed by atoms with Gasteiger partial charge in [-0.05, 0) is 30.5 Å². The number of hydrogen-bond acceptors (Lipinski definition) is 7. The predicted octanol–water partition coefficient (Wildman–Crippen LogP) is 1.12. The Morgan fingerprint density at radius 3 is 2.91 bits per heavy atom. The van der Waals surface area contributed by atoms with Gasteiger partial charge >= 0.3 is 5.69 Å². The van der Waals surface area contributed by atoms with Gasteiger partial charge in [0.25, 0.3) is 5.56 Å². The number of aliphatic hydroxyl groups excluding tert-OH is 1. The molecule has 0 saturated carbocycles. The van der Waals surface area contributed by atoms with Crippen LogP contribution in [0.4, 0.5) is 5.95 Å². The fourth-order valence-corrected chi connectivity index (χ4v) is 3.74. The molecule has 180 valence electrons. The summed E-state index contributed by atoms with van der Waals surface area (Å²) in [4.78, 5) is 35.5. The van der Waals surface area contributed by atoms with E-state index in [4.69, 9.17) is 4.74 Å². The maximum absolute atomic E-state index is 12.6. The van der Waals surface area contributed by atoms with E-state index >= 15 is 0 Å². The van der Waals surface area contributed by atoms with Crippen LogP contribution >= 0.6 is 0 Å². The van der Waals surface area contributed by atoms with Gasteiger partial charge in [0.2, 0.25) is 5.95 Å². The second kappa shape index (κ2) is 10.4. The third kappa shape index (κ3) is 5.20. The van der Waals surface area contributed by atoms with Gasteiger partial charge in [-0.25, -0.2) is 9.78 Å². The first-order valence-electron chi connectivity index (χ1n) is 11.2. The Kier molecular flexibility index (Phi) is 7.12. The van der Waals surface area contributed by atoms with Gasteiger partial charge in [-0.1, -0.05) is 19.1 Å². The molecule has 0 radical (unpaired) electrons. The summed E-state index contributed by atoms with van der Waals surface area (Å²) in [5.41, 5.74) is 0.498. The first-order chi connectivity index (χ1) is 16.5. The summed E-state index contributed by atoms with van der Waals surface area (Å²) in [5, 5.41) is 13.9. The van der Waals surface area contributed by atoms with Crippen LogP contribution in [0.25, 0.3) is 11.2 Å². The number of benzene rings is 1. The maximum Gasteiger partial charge on any atom is 0.329 e. The average molecular weight is 468 g/mol. The van der Waals surface area contributed by atoms with Gasteiger partial charge in [0.05, 0.1) is 12.9 Å². The van der Waals surface area contributed by atoms with E-state index < -0.39 is 17.4 Å². The van der Waals surface area contributed by atoms with E-state index in [9.17, 15) is 14.7 Å². The fourth-order valence-electron chi connectivity index (χ4n) is 3.74. The molecule has 4 rings (SSSR count). The van der Waals surface area contributed by atoms with Gasteiger partial charge in [0.1, 0.15) is 18.5 Å². The van der Waals surface area contributed by atoms with Crippen LogP contribution in [0.3, 0.4) is 0 Å². The molecule has 3 aromatic heterocycles. The number of aromatic amines is 1. The van der Waals surface area contributed by atoms with Crippen molar-refractivity contribution in [3.63, 3.8) is 0 Å². The highest BCUT2D eigenvalue weighted by molar-refractivity contribution is 5.74. The summed E-state index contributed by atoms with van der Waals surface area (Å²) in [6, 6.07) is 7.71. The highest BCUT2D eigenvalue weighted by Crippen LogP contribution is 2.18. The first kappa shape index (κ1) is 23.3. The minimum atomic E-state index is -0.911. The molecule has 34 heavy (non-hydrogen) atoms. The lowest BCUT2D eigenvalue weighted by atomic mass is 10.2. The van der Waals surface area contributed by atoms with Gasteiger partial charge in [-0.2, -0.15) is 4.98 Å². The number of fused-ring (bicyclic) bond motifs is 1. The topological polar surface area (TPSA) is 132 Å². The van der Waals surface area contributed by atoms with Gasteiger partial charge in [-0.15, -0.1) is 0 Å². The summed E-state index contributed by atoms with van der Waals surface area (Å²) >= 11 is 0. The van der Waals surface area contributed by atoms with Crippen molar-refractivity contribution in [2.75, 3.05) is 18.5 Å². The lowest BCUT2D eigenvalue weighted by Crippen LogP contribution is -2.31. The third-order valence-corrected chi connectivity index (χ3v) is 5.58. The van der Waals surface area contributed by atoms with Crippen molar-refractivity contribution in [2.45, 2.75) is 39.0 Å². The molecule has 0 aliphatic carbocycles. The van der Waals surface area contributed by atoms with Crippen LogP contribution in [-0.2, 0) is 26.6 Å². The maximum atomic E-state index is 12.6. The largest absolute Gasteiger partial charge is 0.491 e. The lowest BCUT2D eigenvalue weighted by molar-refractivity contribution is 0.0938. The number of ether oxygens (including phenoxy) is 1. The Balaban J connectivity index is 1.52. The zero-order chi connectivity index (χ0) is 24.1. The van der Waals surface area contributed by atoms with Crippen molar-refractivity contribution < 1.29 is 9.84 Å². The Labute approximate surface area is 195 Å². The van der Waals surface area contributed by atoms with Crippen LogP contribution in [-0.4, -0.2) is 53.0 Å². The second-order valence-corrected chi connectivity index (χ2v) is 8.08. The minimum absolute atomic E-state index is 0.0383. The van der Waals surface area contributed by atoms with Crippen molar-refractivity contribution in [1.82, 2.24) is 28.7 Å². The standard InChI is InChI=1S/C23H29N7O4/c1-3-16-6-4-7-18(12-16)34-14-17(31)13-30-19-20(28(2)23(33)27-21(19)32)26-22(30)25-8-5-10-29-11-9-24-15-29/h4,6-7,9,11-12,15,17,31H,3,5,8,10,13-14H2,1-2H3,(H,25,26)(H,27,32,33)/t17-/m1/s1. The van der Waals surface area contributed by atoms with Gasteiger partial charge < -0.3 is 24.3 Å². The zero-order valence-corrected chi connectivity index (χ0v) is 19.3. The number of aryl methyl sites for hydroxylation is 3. The highest BCUT2D eigenvalue weighted by atomic mass is 16.5. The molecule has 11 nitrogen and oxygen atoms in total. The van der Waals surface area contributed by atoms with Crippen LogP contribution in [0.1, 0.15) is 18.9 Å². The highest BCUT2D eigenvalue weighted by Gasteiger charge is 2.20. The summed E-state index contributed by atoms with van der Waals surface area (Å²) in [6.07, 6.45) is 6.12. The lowest BCUT2D eigenvalue weighted by Gasteiger charge is -2.16. The predicted molar refractivity (Wildman–Crippen MR) is 128 cm³/mol. The van der Waals surface area contributed by atoms with Gasteiger partial charge in [-0.3, -0.25) is 14.3 Å². The Morgan fingerprint density at radius 2 is 2.15 bits per heavy atom. The quantitative estimate of drug-likeness (QED) is 0.282. The molecule has 0 bridgehead atoms. The van der Waals surface area contributed by atoms with Crippen LogP contribution in [0.5, 0.6) is 5.75 Å². The molecule has 0 fully saturated rings. The summed E-state index contributed by atoms with van der Waals surface area (Å²) in [7, 11) is 1.54. The summed E-state index contributed by atoms with van der Waals surface area (Å²) in [6.45, 7) is 3.50. The number of anilines is 1. The van der Waals surface area contributed by atoms with Crippen LogP contribution in [0.15, 0.2) is 52.6 Å². The Morgan fingerprint density at radius 1 is 1.29 bits per heavy atom. The normalized spacial score (nSPS) is 12.2. The molecule has 1 aromatic carbocycles. The molecule has 0 aliphatic heterocycles. The molecule has 0 saturated heterocycles. The number of nitrogens with one attached hydrogen (secondary N) is 2. The summed E-state index contributed by atoms with van der Waals surface area (Å²) in [5.74, 6) is 1.08. The van der Waals surface area contributed by atoms with Crippen LogP contribution in [0.2, 0.25) is 0 Å². The molecule has 0 spiro atoms. The molecule has 0 aliphatic rings. The molecule has 11 heteroatoms. The Bertz CT molecular complexity index is 1350. The van der Waals surface area contributed by atoms with Crippen molar-refractivity contribution in [3.05, 3.63) is 69.4 Å². The van der Waals surface area contributed by atoms with Crippen molar-refractivity contribution in [3.8, 4) is 5.75 Å². The van der Waals surface area contributed by atoms with Gasteiger partial charge in [0, 0.05) is 32.5 Å². The fraction of sp³-hybridized carbons (Fsp3) is 0.391. The van der Waals surface area contributed by atoms with Crippen LogP contribution < -0.4 is 21.3 Å². The third-order valence-electron chi connectivity index (χ3n) is 5.58. The molecule has 3 heterocycles. The van der Waals surface area contributed by atoms with Crippen LogP contribution in [0, 0.1) is 0 Å². The van der Waals surface area contributed by atoms with E-state index in [0.717, 1.165) is 24.9 Å². The zero-order valence-electron chi connectivity index (χ0n) is 19.3. The number of aliphatic hydroxyl groups is 1. The number of imidazole rings is 2. The molecule has 0 amide bonds. The molecule has 3 N–H and O–H groups in total. The number of rotatable bonds is 11. The van der Waals surface area contributed by atoms with Gasteiger partial charge in [0.15, 0.2) is 11.2 Å². The van der Waals surface area contributed by atoms with E-state index in [0.29, 0.717) is 18.2 Å². The molecule has 4 aromatic rings. The molecular weight excluding hydrogens is 438 g/mol. The van der Waals surface area contributed by atoms with E-state index in [1.807, 2.05) is 35.0 Å². The number of aromatic nitrogens is 6. The van der Waals surface area contributed by atoms with E-state index in [1.165, 1.54) is 4.57 Å². The molecule has 1 atom stereocenters. The average Bonchev–Trinajstić information content (AvgIpc) is 3.48. The van der Waals surface area contributed by atoms with Crippen molar-refractivity contribution in [1.29, 1.82) is 0 Å². The monoisotopic (exact) mass is 467 g/mol. The van der Waals surface area contributed by atoms with E-state index in [1.54, 1.807) is 24.1 Å². The smallest absolute Gasteiger partial charge is 0.329 e. The summed E-state index contributed by atoms with van der Waals surface area (Å²) < 4.78 is 10.6. The number of H-pyrrole nitrogens is 1. The second-order valence-electron chi connectivity index (χ2n) is 8.08. The Hall–Kier alpha value is -3.86.